The van der Waals surface area contributed by atoms with E-state index < -0.39 is 12.1 Å². The van der Waals surface area contributed by atoms with Crippen molar-refractivity contribution in [3.05, 3.63) is 12.0 Å². The van der Waals surface area contributed by atoms with Crippen molar-refractivity contribution >= 4 is 11.6 Å². The van der Waals surface area contributed by atoms with Crippen molar-refractivity contribution in [3.63, 3.8) is 0 Å². The van der Waals surface area contributed by atoms with Crippen molar-refractivity contribution < 1.29 is 9.18 Å². The topological polar surface area (TPSA) is 89.2 Å². The molecule has 5 atom stereocenters. The van der Waals surface area contributed by atoms with Crippen LogP contribution in [0.4, 0.5) is 4.39 Å². The molecule has 8 nitrogen and oxygen atoms in total. The molecule has 30 heavy (non-hydrogen) atoms. The van der Waals surface area contributed by atoms with E-state index in [0.717, 1.165) is 45.3 Å². The molecule has 2 fully saturated rings. The van der Waals surface area contributed by atoms with Crippen molar-refractivity contribution in [2.24, 2.45) is 22.6 Å². The minimum Gasteiger partial charge on any atom is -0.358 e. The van der Waals surface area contributed by atoms with Crippen LogP contribution < -0.4 is 16.5 Å². The van der Waals surface area contributed by atoms with Gasteiger partial charge in [-0.2, -0.15) is 0 Å². The fourth-order valence-corrected chi connectivity index (χ4v) is 5.43. The Kier molecular flexibility index (Phi) is 6.72. The maximum absolute atomic E-state index is 14.1. The van der Waals surface area contributed by atoms with Gasteiger partial charge in [-0.3, -0.25) is 9.79 Å². The van der Waals surface area contributed by atoms with Crippen LogP contribution >= 0.6 is 0 Å². The van der Waals surface area contributed by atoms with Crippen LogP contribution in [0.5, 0.6) is 0 Å². The largest absolute Gasteiger partial charge is 0.358 e. The Balaban J connectivity index is 1.51. The first-order chi connectivity index (χ1) is 14.5. The number of aliphatic imine (C=N–C) groups is 1. The lowest BCUT2D eigenvalue weighted by Gasteiger charge is -2.41. The number of rotatable bonds is 5. The lowest BCUT2D eigenvalue weighted by molar-refractivity contribution is -0.129. The Morgan fingerprint density at radius 2 is 2.27 bits per heavy atom. The molecule has 4 N–H and O–H groups in total. The number of halogens is 1. The van der Waals surface area contributed by atoms with Crippen LogP contribution in [0.15, 0.2) is 17.0 Å². The van der Waals surface area contributed by atoms with Crippen molar-refractivity contribution in [3.8, 4) is 0 Å². The van der Waals surface area contributed by atoms with E-state index in [4.69, 9.17) is 10.7 Å². The Bertz CT molecular complexity index is 699. The Morgan fingerprint density at radius 3 is 3.00 bits per heavy atom. The number of hydrogen-bond acceptors (Lipinski definition) is 7. The number of amides is 1. The molecule has 4 heterocycles. The Morgan fingerprint density at radius 1 is 1.43 bits per heavy atom. The summed E-state index contributed by atoms with van der Waals surface area (Å²) in [7, 11) is 2.10. The van der Waals surface area contributed by atoms with E-state index in [1.807, 2.05) is 4.90 Å². The molecular formula is C21H36FN7O. The average Bonchev–Trinajstić information content (AvgIpc) is 3.04. The number of nitrogens with one attached hydrogen (secondary N) is 2. The summed E-state index contributed by atoms with van der Waals surface area (Å²) in [5.41, 5.74) is 10.7. The van der Waals surface area contributed by atoms with Crippen LogP contribution in [0.1, 0.15) is 39.0 Å². The summed E-state index contributed by atoms with van der Waals surface area (Å²) in [6, 6.07) is 0.0323. The van der Waals surface area contributed by atoms with Gasteiger partial charge in [-0.15, -0.1) is 0 Å². The van der Waals surface area contributed by atoms with Crippen molar-refractivity contribution in [2.45, 2.75) is 57.4 Å². The molecule has 4 aliphatic heterocycles. The van der Waals surface area contributed by atoms with E-state index in [2.05, 4.69) is 29.6 Å². The second-order valence-electron chi connectivity index (χ2n) is 9.14. The molecule has 168 valence electrons. The number of nitrogens with zero attached hydrogens (tertiary/aromatic N) is 4. The van der Waals surface area contributed by atoms with E-state index in [-0.39, 0.29) is 30.5 Å². The quantitative estimate of drug-likeness (QED) is 0.604. The number of fused-ring (bicyclic) bond motifs is 1. The van der Waals surface area contributed by atoms with Gasteiger partial charge < -0.3 is 20.9 Å². The maximum atomic E-state index is 14.1. The summed E-state index contributed by atoms with van der Waals surface area (Å²) < 4.78 is 14.1. The minimum absolute atomic E-state index is 0.0323. The summed E-state index contributed by atoms with van der Waals surface area (Å²) in [4.78, 5) is 22.5. The van der Waals surface area contributed by atoms with Crippen LogP contribution in [-0.2, 0) is 4.79 Å². The Hall–Kier alpha value is -1.55. The molecule has 0 aromatic rings. The fraction of sp³-hybridized carbons (Fsp3) is 0.810. The predicted octanol–water partition coefficient (Wildman–Crippen LogP) is 0.632. The average molecular weight is 422 g/mol. The predicted molar refractivity (Wildman–Crippen MR) is 115 cm³/mol. The fourth-order valence-electron chi connectivity index (χ4n) is 5.43. The van der Waals surface area contributed by atoms with Gasteiger partial charge in [0, 0.05) is 43.5 Å². The molecule has 5 unspecified atom stereocenters. The van der Waals surface area contributed by atoms with Gasteiger partial charge in [0.05, 0.1) is 12.7 Å². The first-order valence-electron chi connectivity index (χ1n) is 11.4. The lowest BCUT2D eigenvalue weighted by atomic mass is 9.84. The zero-order valence-electron chi connectivity index (χ0n) is 18.2. The summed E-state index contributed by atoms with van der Waals surface area (Å²) in [5.74, 6) is -0.449. The zero-order valence-corrected chi connectivity index (χ0v) is 18.2. The van der Waals surface area contributed by atoms with Gasteiger partial charge in [0.1, 0.15) is 17.9 Å². The molecule has 4 aliphatic rings. The van der Waals surface area contributed by atoms with Crippen molar-refractivity contribution in [2.75, 3.05) is 39.8 Å². The van der Waals surface area contributed by atoms with Gasteiger partial charge in [0.15, 0.2) is 0 Å². The van der Waals surface area contributed by atoms with Crippen LogP contribution in [0.3, 0.4) is 0 Å². The molecule has 0 bridgehead atoms. The molecule has 0 radical (unpaired) electrons. The van der Waals surface area contributed by atoms with Crippen LogP contribution in [0.2, 0.25) is 0 Å². The lowest BCUT2D eigenvalue weighted by Crippen LogP contribution is -2.59. The first kappa shape index (κ1) is 21.7. The highest BCUT2D eigenvalue weighted by Gasteiger charge is 2.49. The molecule has 4 rings (SSSR count). The molecule has 0 aromatic carbocycles. The third-order valence-electron chi connectivity index (χ3n) is 6.82. The molecule has 0 spiro atoms. The van der Waals surface area contributed by atoms with E-state index in [1.54, 1.807) is 11.2 Å². The third-order valence-corrected chi connectivity index (χ3v) is 6.82. The van der Waals surface area contributed by atoms with Gasteiger partial charge >= 0.3 is 0 Å². The highest BCUT2D eigenvalue weighted by atomic mass is 19.1. The number of piperidine rings is 1. The van der Waals surface area contributed by atoms with E-state index in [0.29, 0.717) is 12.5 Å². The highest BCUT2D eigenvalue weighted by Crippen LogP contribution is 2.30. The van der Waals surface area contributed by atoms with E-state index in [1.165, 1.54) is 12.1 Å². The number of carbonyl (C=O) groups excluding carboxylic acids is 1. The van der Waals surface area contributed by atoms with Crippen LogP contribution in [0, 0.1) is 11.8 Å². The van der Waals surface area contributed by atoms with Gasteiger partial charge in [-0.05, 0) is 45.7 Å². The number of hydrazine groups is 1. The zero-order chi connectivity index (χ0) is 21.3. The molecular weight excluding hydrogens is 385 g/mol. The van der Waals surface area contributed by atoms with Gasteiger partial charge in [0.25, 0.3) is 0 Å². The summed E-state index contributed by atoms with van der Waals surface area (Å²) in [6.07, 6.45) is 5.99. The van der Waals surface area contributed by atoms with Gasteiger partial charge in [-0.1, -0.05) is 6.92 Å². The van der Waals surface area contributed by atoms with E-state index >= 15 is 0 Å². The number of likely N-dealkylation sites (N-methyl/N-ethyl adjacent to an activating group) is 1. The highest BCUT2D eigenvalue weighted by molar-refractivity contribution is 5.89. The normalized spacial score (nSPS) is 35.6. The smallest absolute Gasteiger partial charge is 0.229 e. The molecule has 0 aliphatic carbocycles. The van der Waals surface area contributed by atoms with Gasteiger partial charge in [0.2, 0.25) is 5.91 Å². The van der Waals surface area contributed by atoms with Crippen LogP contribution in [-0.4, -0.2) is 84.6 Å². The molecule has 0 aromatic heterocycles. The van der Waals surface area contributed by atoms with Crippen molar-refractivity contribution in [1.82, 2.24) is 25.6 Å². The molecule has 1 amide bonds. The third kappa shape index (κ3) is 4.39. The maximum Gasteiger partial charge on any atom is 0.229 e. The number of likely N-dealkylation sites (tertiary alicyclic amines) is 1. The monoisotopic (exact) mass is 421 g/mol. The minimum atomic E-state index is -0.541. The number of hydrogen-bond donors (Lipinski definition) is 3. The molecule has 2 saturated heterocycles. The Labute approximate surface area is 178 Å². The van der Waals surface area contributed by atoms with Crippen LogP contribution in [0.25, 0.3) is 0 Å². The molecule has 9 heteroatoms. The number of nitrogens with two attached hydrogens (primary N) is 1. The van der Waals surface area contributed by atoms with Crippen molar-refractivity contribution in [1.29, 1.82) is 0 Å². The van der Waals surface area contributed by atoms with E-state index in [9.17, 15) is 9.18 Å². The summed E-state index contributed by atoms with van der Waals surface area (Å²) in [5, 5.41) is 5.10. The summed E-state index contributed by atoms with van der Waals surface area (Å²) >= 11 is 0. The first-order valence-corrected chi connectivity index (χ1v) is 11.4. The van der Waals surface area contributed by atoms with Gasteiger partial charge in [-0.25, -0.2) is 14.8 Å². The molecule has 0 saturated carbocycles. The standard InChI is InChI=1S/C21H36FN7O/c1-3-9-28-11-14(22)12-29-21(28)18(19(23)26-29)20(30)25-17-13-27(2)10-7-15(17)16-6-4-5-8-24-16/h11,15,17-19,21,26H,3-10,12-13,23H2,1-2H3,(H,25,30). The number of carbonyl (C=O) groups is 1. The second kappa shape index (κ2) is 9.30. The summed E-state index contributed by atoms with van der Waals surface area (Å²) in [6.45, 7) is 5.60. The second-order valence-corrected chi connectivity index (χ2v) is 9.14. The SMILES string of the molecule is CCCN1C=C(F)CN2NC(N)C(C(=O)NC3CN(C)CCC3C3=NCCCC3)C12.